The van der Waals surface area contributed by atoms with Crippen LogP contribution in [0, 0.1) is 5.92 Å². The molecule has 0 aromatic heterocycles. The zero-order valence-electron chi connectivity index (χ0n) is 14.0. The van der Waals surface area contributed by atoms with Gasteiger partial charge in [-0.15, -0.1) is 11.6 Å². The van der Waals surface area contributed by atoms with Crippen LogP contribution in [-0.4, -0.2) is 20.3 Å². The summed E-state index contributed by atoms with van der Waals surface area (Å²) in [5.74, 6) is 1.05. The fourth-order valence-electron chi connectivity index (χ4n) is 3.23. The normalized spacial score (nSPS) is 15.4. The van der Waals surface area contributed by atoms with E-state index < -0.39 is 8.32 Å². The van der Waals surface area contributed by atoms with Crippen LogP contribution in [0.15, 0.2) is 12.2 Å². The molecule has 0 amide bonds. The highest BCUT2D eigenvalue weighted by molar-refractivity contribution is 6.77. The van der Waals surface area contributed by atoms with Crippen LogP contribution in [0.4, 0.5) is 0 Å². The molecule has 0 saturated carbocycles. The molecule has 0 fully saturated rings. The first-order valence-electron chi connectivity index (χ1n) is 7.60. The van der Waals surface area contributed by atoms with E-state index in [2.05, 4.69) is 61.5 Å². The van der Waals surface area contributed by atoms with Gasteiger partial charge in [0.25, 0.3) is 0 Å². The highest BCUT2D eigenvalue weighted by Crippen LogP contribution is 2.43. The highest BCUT2D eigenvalue weighted by Gasteiger charge is 2.46. The number of hydrogen-bond donors (Lipinski definition) is 0. The maximum atomic E-state index is 6.78. The smallest absolute Gasteiger partial charge is 0.201 e. The van der Waals surface area contributed by atoms with Crippen LogP contribution in [0.3, 0.4) is 0 Å². The van der Waals surface area contributed by atoms with Gasteiger partial charge in [0.15, 0.2) is 0 Å². The summed E-state index contributed by atoms with van der Waals surface area (Å²) < 4.78 is 6.78. The van der Waals surface area contributed by atoms with Gasteiger partial charge >= 0.3 is 0 Å². The van der Waals surface area contributed by atoms with Crippen LogP contribution in [0.2, 0.25) is 16.6 Å². The Balaban J connectivity index is 5.33. The molecule has 0 rings (SSSR count). The quantitative estimate of drug-likeness (QED) is 0.304. The standard InChI is InChI=1S/C16H33ClOSi/c1-12(2)16(10-9-11-17)18-19(13(3)4,14(5)6)15(7)8/h9-10,12-16H,11H2,1-8H3/b10-9+. The summed E-state index contributed by atoms with van der Waals surface area (Å²) in [5.41, 5.74) is 1.87. The third kappa shape index (κ3) is 4.91. The number of rotatable bonds is 8. The highest BCUT2D eigenvalue weighted by atomic mass is 35.5. The minimum Gasteiger partial charge on any atom is -0.410 e. The molecule has 0 bridgehead atoms. The summed E-state index contributed by atoms with van der Waals surface area (Å²) in [6, 6.07) is 0. The molecule has 0 aliphatic heterocycles. The molecular weight excluding hydrogens is 272 g/mol. The van der Waals surface area contributed by atoms with Gasteiger partial charge in [-0.1, -0.05) is 67.5 Å². The lowest BCUT2D eigenvalue weighted by Crippen LogP contribution is -2.50. The molecule has 1 nitrogen and oxygen atoms in total. The first-order valence-corrected chi connectivity index (χ1v) is 10.3. The van der Waals surface area contributed by atoms with Crippen molar-refractivity contribution in [2.24, 2.45) is 5.92 Å². The van der Waals surface area contributed by atoms with E-state index in [1.54, 1.807) is 0 Å². The SMILES string of the molecule is CC(C)C(/C=C/CCl)O[Si](C(C)C)(C(C)C)C(C)C. The molecule has 0 spiro atoms. The molecule has 0 heterocycles. The predicted octanol–water partition coefficient (Wildman–Crippen LogP) is 6.00. The minimum absolute atomic E-state index is 0.192. The summed E-state index contributed by atoms with van der Waals surface area (Å²) in [4.78, 5) is 0. The monoisotopic (exact) mass is 304 g/mol. The molecule has 0 saturated heterocycles. The van der Waals surface area contributed by atoms with E-state index in [0.29, 0.717) is 28.4 Å². The van der Waals surface area contributed by atoms with Crippen LogP contribution in [0.25, 0.3) is 0 Å². The Morgan fingerprint density at radius 2 is 1.32 bits per heavy atom. The van der Waals surface area contributed by atoms with Gasteiger partial charge in [0.05, 0.1) is 6.10 Å². The molecule has 1 unspecified atom stereocenters. The second kappa shape index (κ2) is 8.48. The molecule has 0 aromatic carbocycles. The molecule has 114 valence electrons. The van der Waals surface area contributed by atoms with Gasteiger partial charge in [0.2, 0.25) is 8.32 Å². The predicted molar refractivity (Wildman–Crippen MR) is 90.6 cm³/mol. The minimum atomic E-state index is -1.80. The number of hydrogen-bond acceptors (Lipinski definition) is 1. The van der Waals surface area contributed by atoms with E-state index in [1.165, 1.54) is 0 Å². The number of allylic oxidation sites excluding steroid dienone is 1. The second-order valence-corrected chi connectivity index (χ2v) is 12.4. The average molecular weight is 305 g/mol. The lowest BCUT2D eigenvalue weighted by Gasteiger charge is -2.45. The van der Waals surface area contributed by atoms with Crippen molar-refractivity contribution in [1.82, 2.24) is 0 Å². The molecule has 0 aromatic rings. The van der Waals surface area contributed by atoms with Gasteiger partial charge in [0.1, 0.15) is 0 Å². The molecule has 0 radical (unpaired) electrons. The van der Waals surface area contributed by atoms with Crippen LogP contribution in [-0.2, 0) is 4.43 Å². The van der Waals surface area contributed by atoms with Crippen molar-refractivity contribution in [3.63, 3.8) is 0 Å². The van der Waals surface area contributed by atoms with Gasteiger partial charge in [0, 0.05) is 5.88 Å². The van der Waals surface area contributed by atoms with Crippen molar-refractivity contribution >= 4 is 19.9 Å². The Hall–Kier alpha value is 0.207. The van der Waals surface area contributed by atoms with E-state index in [4.69, 9.17) is 16.0 Å². The Morgan fingerprint density at radius 1 is 0.895 bits per heavy atom. The van der Waals surface area contributed by atoms with Crippen LogP contribution in [0.1, 0.15) is 55.4 Å². The lowest BCUT2D eigenvalue weighted by molar-refractivity contribution is 0.170. The van der Waals surface area contributed by atoms with Gasteiger partial charge in [-0.3, -0.25) is 0 Å². The summed E-state index contributed by atoms with van der Waals surface area (Å²) in [6.45, 7) is 18.4. The second-order valence-electron chi connectivity index (χ2n) is 6.73. The van der Waals surface area contributed by atoms with Crippen molar-refractivity contribution in [3.8, 4) is 0 Å². The summed E-state index contributed by atoms with van der Waals surface area (Å²) >= 11 is 5.78. The topological polar surface area (TPSA) is 9.23 Å². The fourth-order valence-corrected chi connectivity index (χ4v) is 8.97. The van der Waals surface area contributed by atoms with Crippen molar-refractivity contribution in [3.05, 3.63) is 12.2 Å². The van der Waals surface area contributed by atoms with E-state index in [0.717, 1.165) is 0 Å². The molecule has 3 heteroatoms. The molecule has 1 atom stereocenters. The average Bonchev–Trinajstić information content (AvgIpc) is 2.27. The molecule has 0 aliphatic carbocycles. The first kappa shape index (κ1) is 19.2. The van der Waals surface area contributed by atoms with Crippen molar-refractivity contribution in [2.75, 3.05) is 5.88 Å². The fraction of sp³-hybridized carbons (Fsp3) is 0.875. The zero-order valence-corrected chi connectivity index (χ0v) is 15.8. The molecule has 0 N–H and O–H groups in total. The molecular formula is C16H33ClOSi. The van der Waals surface area contributed by atoms with Gasteiger partial charge in [-0.2, -0.15) is 0 Å². The molecule has 19 heavy (non-hydrogen) atoms. The Labute approximate surface area is 126 Å². The first-order chi connectivity index (χ1) is 8.70. The Morgan fingerprint density at radius 3 is 1.58 bits per heavy atom. The summed E-state index contributed by atoms with van der Waals surface area (Å²) in [7, 11) is -1.80. The van der Waals surface area contributed by atoms with Crippen molar-refractivity contribution in [1.29, 1.82) is 0 Å². The van der Waals surface area contributed by atoms with Gasteiger partial charge < -0.3 is 4.43 Å². The third-order valence-electron chi connectivity index (χ3n) is 4.12. The largest absolute Gasteiger partial charge is 0.410 e. The zero-order chi connectivity index (χ0) is 15.2. The van der Waals surface area contributed by atoms with Crippen LogP contribution < -0.4 is 0 Å². The summed E-state index contributed by atoms with van der Waals surface area (Å²) in [6.07, 6.45) is 4.37. The Kier molecular flexibility index (Phi) is 8.58. The van der Waals surface area contributed by atoms with Crippen molar-refractivity contribution < 1.29 is 4.43 Å². The van der Waals surface area contributed by atoms with Crippen LogP contribution in [0.5, 0.6) is 0 Å². The molecule has 0 aliphatic rings. The number of alkyl halides is 1. The van der Waals surface area contributed by atoms with E-state index >= 15 is 0 Å². The number of halogens is 1. The van der Waals surface area contributed by atoms with E-state index in [9.17, 15) is 0 Å². The van der Waals surface area contributed by atoms with Crippen molar-refractivity contribution in [2.45, 2.75) is 78.1 Å². The Bertz CT molecular complexity index is 250. The van der Waals surface area contributed by atoms with Gasteiger partial charge in [-0.25, -0.2) is 0 Å². The maximum absolute atomic E-state index is 6.78. The lowest BCUT2D eigenvalue weighted by atomic mass is 10.1. The van der Waals surface area contributed by atoms with Gasteiger partial charge in [-0.05, 0) is 22.5 Å². The van der Waals surface area contributed by atoms with Crippen LogP contribution >= 0.6 is 11.6 Å². The maximum Gasteiger partial charge on any atom is 0.201 e. The van der Waals surface area contributed by atoms with E-state index in [1.807, 2.05) is 6.08 Å². The van der Waals surface area contributed by atoms with E-state index in [-0.39, 0.29) is 6.10 Å². The third-order valence-corrected chi connectivity index (χ3v) is 10.4. The summed E-state index contributed by atoms with van der Waals surface area (Å²) in [5, 5.41) is 0.